The van der Waals surface area contributed by atoms with E-state index in [1.165, 1.54) is 0 Å². The second-order valence-electron chi connectivity index (χ2n) is 8.76. The molecule has 0 aliphatic carbocycles. The Balaban J connectivity index is 4.74. The maximum atomic E-state index is 12.5. The molecule has 0 aliphatic rings. The maximum absolute atomic E-state index is 12.5. The third kappa shape index (κ3) is 14.3. The standard InChI is InChI=1S/C20H36N4O6/c1-13(2)15(25)21-10-9-11-22-16(26)14(24-18(28)30-20(6,7)8)12-23-17(27)29-19(3,4)5/h14H,1,9-12H2,2-8H3,(H,21,25)(H,22,26)(H,23,27)(H,24,28). The highest BCUT2D eigenvalue weighted by atomic mass is 16.6. The molecule has 0 heterocycles. The fourth-order valence-corrected chi connectivity index (χ4v) is 1.93. The van der Waals surface area contributed by atoms with Crippen molar-refractivity contribution in [3.8, 4) is 0 Å². The zero-order valence-corrected chi connectivity index (χ0v) is 19.1. The molecule has 0 saturated heterocycles. The molecule has 0 aromatic heterocycles. The van der Waals surface area contributed by atoms with E-state index in [1.807, 2.05) is 0 Å². The first-order valence-corrected chi connectivity index (χ1v) is 9.78. The van der Waals surface area contributed by atoms with Crippen molar-refractivity contribution >= 4 is 24.0 Å². The number of hydrogen-bond donors (Lipinski definition) is 4. The molecule has 10 heteroatoms. The van der Waals surface area contributed by atoms with Crippen molar-refractivity contribution in [3.63, 3.8) is 0 Å². The van der Waals surface area contributed by atoms with Crippen LogP contribution in [0.1, 0.15) is 54.9 Å². The molecule has 0 bridgehead atoms. The largest absolute Gasteiger partial charge is 0.444 e. The molecule has 0 rings (SSSR count). The van der Waals surface area contributed by atoms with E-state index in [1.54, 1.807) is 48.5 Å². The quantitative estimate of drug-likeness (QED) is 0.325. The van der Waals surface area contributed by atoms with Crippen molar-refractivity contribution in [2.24, 2.45) is 0 Å². The van der Waals surface area contributed by atoms with E-state index in [0.29, 0.717) is 18.5 Å². The van der Waals surface area contributed by atoms with Gasteiger partial charge in [0.15, 0.2) is 0 Å². The summed E-state index contributed by atoms with van der Waals surface area (Å²) in [5.41, 5.74) is -1.05. The van der Waals surface area contributed by atoms with Gasteiger partial charge in [-0.05, 0) is 54.9 Å². The lowest BCUT2D eigenvalue weighted by Gasteiger charge is -2.24. The minimum absolute atomic E-state index is 0.188. The van der Waals surface area contributed by atoms with Crippen LogP contribution >= 0.6 is 0 Å². The molecule has 1 unspecified atom stereocenters. The van der Waals surface area contributed by atoms with Gasteiger partial charge in [0.05, 0.1) is 6.54 Å². The van der Waals surface area contributed by atoms with Crippen LogP contribution in [0.4, 0.5) is 9.59 Å². The summed E-state index contributed by atoms with van der Waals surface area (Å²) in [7, 11) is 0. The fraction of sp³-hybridized carbons (Fsp3) is 0.700. The zero-order chi connectivity index (χ0) is 23.5. The summed E-state index contributed by atoms with van der Waals surface area (Å²) in [6, 6.07) is -1.07. The number of carbonyl (C=O) groups excluding carboxylic acids is 4. The lowest BCUT2D eigenvalue weighted by atomic mass is 10.2. The van der Waals surface area contributed by atoms with Gasteiger partial charge >= 0.3 is 12.2 Å². The molecule has 0 spiro atoms. The SMILES string of the molecule is C=C(C)C(=O)NCCCNC(=O)C(CNC(=O)OC(C)(C)C)NC(=O)OC(C)(C)C. The summed E-state index contributed by atoms with van der Waals surface area (Å²) >= 11 is 0. The Labute approximate surface area is 178 Å². The predicted molar refractivity (Wildman–Crippen MR) is 113 cm³/mol. The van der Waals surface area contributed by atoms with Gasteiger partial charge in [0.1, 0.15) is 17.2 Å². The average molecular weight is 429 g/mol. The van der Waals surface area contributed by atoms with Crippen LogP contribution in [0.15, 0.2) is 12.2 Å². The Bertz CT molecular complexity index is 634. The van der Waals surface area contributed by atoms with Crippen LogP contribution in [0.3, 0.4) is 0 Å². The van der Waals surface area contributed by atoms with E-state index < -0.39 is 35.3 Å². The van der Waals surface area contributed by atoms with Crippen LogP contribution in [0.5, 0.6) is 0 Å². The molecule has 0 radical (unpaired) electrons. The van der Waals surface area contributed by atoms with Gasteiger partial charge in [0.2, 0.25) is 11.8 Å². The molecule has 0 aliphatic heterocycles. The molecule has 0 fully saturated rings. The molecule has 4 amide bonds. The normalized spacial score (nSPS) is 12.2. The van der Waals surface area contributed by atoms with Crippen molar-refractivity contribution in [1.29, 1.82) is 0 Å². The highest BCUT2D eigenvalue weighted by molar-refractivity contribution is 5.92. The van der Waals surface area contributed by atoms with Gasteiger partial charge in [0, 0.05) is 18.7 Å². The number of nitrogens with one attached hydrogen (secondary N) is 4. The first kappa shape index (κ1) is 27.2. The summed E-state index contributed by atoms with van der Waals surface area (Å²) in [5, 5.41) is 10.2. The first-order valence-electron chi connectivity index (χ1n) is 9.78. The van der Waals surface area contributed by atoms with Crippen molar-refractivity contribution in [2.45, 2.75) is 72.1 Å². The molecular weight excluding hydrogens is 392 g/mol. The van der Waals surface area contributed by atoms with Crippen LogP contribution in [0.25, 0.3) is 0 Å². The van der Waals surface area contributed by atoms with Crippen molar-refractivity contribution in [1.82, 2.24) is 21.3 Å². The molecule has 1 atom stereocenters. The molecular formula is C20H36N4O6. The van der Waals surface area contributed by atoms with Gasteiger partial charge in [0.25, 0.3) is 0 Å². The lowest BCUT2D eigenvalue weighted by molar-refractivity contribution is -0.123. The minimum Gasteiger partial charge on any atom is -0.444 e. The second-order valence-corrected chi connectivity index (χ2v) is 8.76. The molecule has 0 saturated carbocycles. The highest BCUT2D eigenvalue weighted by Crippen LogP contribution is 2.08. The van der Waals surface area contributed by atoms with Gasteiger partial charge in [-0.25, -0.2) is 9.59 Å². The number of amides is 4. The van der Waals surface area contributed by atoms with Crippen molar-refractivity contribution in [2.75, 3.05) is 19.6 Å². The smallest absolute Gasteiger partial charge is 0.408 e. The molecule has 10 nitrogen and oxygen atoms in total. The minimum atomic E-state index is -1.07. The monoisotopic (exact) mass is 428 g/mol. The van der Waals surface area contributed by atoms with Crippen LogP contribution in [-0.4, -0.2) is 60.9 Å². The van der Waals surface area contributed by atoms with Crippen LogP contribution in [-0.2, 0) is 19.1 Å². The molecule has 172 valence electrons. The Morgan fingerprint density at radius 2 is 1.33 bits per heavy atom. The summed E-state index contributed by atoms with van der Waals surface area (Å²) < 4.78 is 10.3. The number of carbonyl (C=O) groups is 4. The fourth-order valence-electron chi connectivity index (χ4n) is 1.93. The van der Waals surface area contributed by atoms with Gasteiger partial charge in [-0.2, -0.15) is 0 Å². The van der Waals surface area contributed by atoms with Crippen molar-refractivity contribution in [3.05, 3.63) is 12.2 Å². The Hall–Kier alpha value is -2.78. The summed E-state index contributed by atoms with van der Waals surface area (Å²) in [6.45, 7) is 15.8. The second kappa shape index (κ2) is 12.0. The number of hydrogen-bond acceptors (Lipinski definition) is 6. The van der Waals surface area contributed by atoms with Gasteiger partial charge < -0.3 is 30.7 Å². The molecule has 0 aromatic carbocycles. The highest BCUT2D eigenvalue weighted by Gasteiger charge is 2.25. The zero-order valence-electron chi connectivity index (χ0n) is 19.1. The predicted octanol–water partition coefficient (Wildman–Crippen LogP) is 1.60. The van der Waals surface area contributed by atoms with Gasteiger partial charge in [-0.3, -0.25) is 9.59 Å². The maximum Gasteiger partial charge on any atom is 0.408 e. The lowest BCUT2D eigenvalue weighted by Crippen LogP contribution is -2.54. The first-order chi connectivity index (χ1) is 13.6. The van der Waals surface area contributed by atoms with E-state index >= 15 is 0 Å². The average Bonchev–Trinajstić information content (AvgIpc) is 2.54. The molecule has 0 aromatic rings. The van der Waals surface area contributed by atoms with Crippen molar-refractivity contribution < 1.29 is 28.7 Å². The van der Waals surface area contributed by atoms with E-state index in [0.717, 1.165) is 0 Å². The number of alkyl carbamates (subject to hydrolysis) is 2. The third-order valence-electron chi connectivity index (χ3n) is 3.18. The van der Waals surface area contributed by atoms with Crippen LogP contribution in [0, 0.1) is 0 Å². The molecule has 30 heavy (non-hydrogen) atoms. The summed E-state index contributed by atoms with van der Waals surface area (Å²) in [4.78, 5) is 47.8. The van der Waals surface area contributed by atoms with E-state index in [9.17, 15) is 19.2 Å². The van der Waals surface area contributed by atoms with Crippen LogP contribution < -0.4 is 21.3 Å². The Morgan fingerprint density at radius 1 is 0.833 bits per heavy atom. The summed E-state index contributed by atoms with van der Waals surface area (Å²) in [5.74, 6) is -0.768. The third-order valence-corrected chi connectivity index (χ3v) is 3.18. The molecule has 4 N–H and O–H groups in total. The van der Waals surface area contributed by atoms with Gasteiger partial charge in [-0.1, -0.05) is 6.58 Å². The van der Waals surface area contributed by atoms with Crippen LogP contribution in [0.2, 0.25) is 0 Å². The number of rotatable bonds is 9. The Morgan fingerprint density at radius 3 is 1.83 bits per heavy atom. The van der Waals surface area contributed by atoms with E-state index in [4.69, 9.17) is 9.47 Å². The summed E-state index contributed by atoms with van der Waals surface area (Å²) in [6.07, 6.45) is -1.03. The topological polar surface area (TPSA) is 135 Å². The number of ether oxygens (including phenoxy) is 2. The van der Waals surface area contributed by atoms with E-state index in [2.05, 4.69) is 27.8 Å². The Kier molecular flexibility index (Phi) is 10.9. The van der Waals surface area contributed by atoms with E-state index in [-0.39, 0.29) is 19.0 Å². The van der Waals surface area contributed by atoms with Gasteiger partial charge in [-0.15, -0.1) is 0 Å².